The van der Waals surface area contributed by atoms with Crippen molar-refractivity contribution in [2.75, 3.05) is 0 Å². The highest BCUT2D eigenvalue weighted by atomic mass is 16.2. The number of fused-ring (bicyclic) bond motifs is 3. The van der Waals surface area contributed by atoms with Gasteiger partial charge in [0.15, 0.2) is 0 Å². The first-order valence-corrected chi connectivity index (χ1v) is 4.38. The molecule has 0 radical (unpaired) electrons. The Bertz CT molecular complexity index is 276. The fraction of sp³-hybridized carbons (Fsp3) is 0.750. The minimum absolute atomic E-state index is 0.109. The molecule has 0 aromatic heterocycles. The molecule has 12 heavy (non-hydrogen) atoms. The number of piperidine rings is 1. The second kappa shape index (κ2) is 1.81. The molecule has 0 aromatic carbocycles. The van der Waals surface area contributed by atoms with Crippen molar-refractivity contribution in [1.29, 1.82) is 0 Å². The highest BCUT2D eigenvalue weighted by molar-refractivity contribution is 5.97. The Morgan fingerprint density at radius 2 is 2.17 bits per heavy atom. The van der Waals surface area contributed by atoms with Crippen molar-refractivity contribution < 1.29 is 9.59 Å². The molecule has 2 aliphatic heterocycles. The molecule has 3 amide bonds. The molecular formula is C8H10N2O2. The summed E-state index contributed by atoms with van der Waals surface area (Å²) in [6, 6.07) is 0.513. The lowest BCUT2D eigenvalue weighted by Crippen LogP contribution is -2.53. The van der Waals surface area contributed by atoms with Crippen LogP contribution in [0.3, 0.4) is 0 Å². The highest BCUT2D eigenvalue weighted by Gasteiger charge is 2.55. The van der Waals surface area contributed by atoms with Gasteiger partial charge in [-0.15, -0.1) is 0 Å². The Hall–Kier alpha value is -1.06. The van der Waals surface area contributed by atoms with Gasteiger partial charge < -0.3 is 4.90 Å². The summed E-state index contributed by atoms with van der Waals surface area (Å²) in [5, 5.41) is 2.36. The maximum absolute atomic E-state index is 11.3. The molecule has 3 unspecified atom stereocenters. The molecule has 2 heterocycles. The number of nitrogens with zero attached hydrogens (tertiary/aromatic N) is 1. The van der Waals surface area contributed by atoms with Gasteiger partial charge in [-0.1, -0.05) is 0 Å². The van der Waals surface area contributed by atoms with E-state index in [2.05, 4.69) is 5.32 Å². The van der Waals surface area contributed by atoms with Crippen LogP contribution in [-0.4, -0.2) is 28.9 Å². The lowest BCUT2D eigenvalue weighted by molar-refractivity contribution is -0.122. The largest absolute Gasteiger partial charge is 0.324 e. The first-order chi connectivity index (χ1) is 5.75. The molecular weight excluding hydrogens is 156 g/mol. The molecule has 4 heteroatoms. The Balaban J connectivity index is 1.89. The molecule has 0 spiro atoms. The zero-order valence-electron chi connectivity index (χ0n) is 6.62. The Kier molecular flexibility index (Phi) is 0.975. The van der Waals surface area contributed by atoms with Crippen LogP contribution in [-0.2, 0) is 4.79 Å². The summed E-state index contributed by atoms with van der Waals surface area (Å²) in [5.41, 5.74) is 0. The third kappa shape index (κ3) is 0.673. The molecule has 1 N–H and O–H groups in total. The van der Waals surface area contributed by atoms with Gasteiger partial charge in [-0.2, -0.15) is 0 Å². The number of amides is 3. The molecule has 3 aliphatic rings. The summed E-state index contributed by atoms with van der Waals surface area (Å²) in [6.07, 6.45) is 2.71. The van der Waals surface area contributed by atoms with Crippen molar-refractivity contribution in [3.05, 3.63) is 0 Å². The number of rotatable bonds is 0. The van der Waals surface area contributed by atoms with Crippen LogP contribution >= 0.6 is 0 Å². The molecule has 0 aromatic rings. The van der Waals surface area contributed by atoms with Gasteiger partial charge in [-0.25, -0.2) is 4.79 Å². The number of hydrogen-bond acceptors (Lipinski definition) is 2. The summed E-state index contributed by atoms with van der Waals surface area (Å²) in [7, 11) is 0. The van der Waals surface area contributed by atoms with Gasteiger partial charge in [-0.3, -0.25) is 10.1 Å². The second-order valence-corrected chi connectivity index (χ2v) is 3.92. The van der Waals surface area contributed by atoms with Crippen LogP contribution < -0.4 is 5.32 Å². The quantitative estimate of drug-likeness (QED) is 0.554. The molecule has 4 nitrogen and oxygen atoms in total. The highest BCUT2D eigenvalue weighted by Crippen LogP contribution is 2.49. The number of imide groups is 1. The van der Waals surface area contributed by atoms with Crippen LogP contribution in [0.1, 0.15) is 19.3 Å². The zero-order valence-corrected chi connectivity index (χ0v) is 6.62. The fourth-order valence-corrected chi connectivity index (χ4v) is 2.51. The van der Waals surface area contributed by atoms with Gasteiger partial charge in [0.05, 0.1) is 0 Å². The topological polar surface area (TPSA) is 49.4 Å². The summed E-state index contributed by atoms with van der Waals surface area (Å²) in [5.74, 6) is 0.592. The van der Waals surface area contributed by atoms with Crippen LogP contribution in [0.15, 0.2) is 0 Å². The Morgan fingerprint density at radius 1 is 1.33 bits per heavy atom. The van der Waals surface area contributed by atoms with E-state index in [0.29, 0.717) is 18.4 Å². The van der Waals surface area contributed by atoms with Gasteiger partial charge in [0.2, 0.25) is 5.91 Å². The van der Waals surface area contributed by atoms with Crippen molar-refractivity contribution in [3.8, 4) is 0 Å². The smallest absolute Gasteiger partial charge is 0.318 e. The van der Waals surface area contributed by atoms with E-state index >= 15 is 0 Å². The van der Waals surface area contributed by atoms with Crippen LogP contribution in [0.4, 0.5) is 4.79 Å². The SMILES string of the molecule is O=C1CC2CC3CC3N2C(=O)N1. The van der Waals surface area contributed by atoms with E-state index in [1.54, 1.807) is 0 Å². The minimum Gasteiger partial charge on any atom is -0.318 e. The fourth-order valence-electron chi connectivity index (χ4n) is 2.51. The number of hydrogen-bond donors (Lipinski definition) is 1. The van der Waals surface area contributed by atoms with Gasteiger partial charge in [0.25, 0.3) is 0 Å². The standard InChI is InChI=1S/C8H10N2O2/c11-7-3-5-1-4-2-6(4)10(5)8(12)9-7/h4-6H,1-3H2,(H,9,11,12). The molecule has 2 saturated heterocycles. The third-order valence-electron chi connectivity index (χ3n) is 3.11. The summed E-state index contributed by atoms with van der Waals surface area (Å²) < 4.78 is 0. The first kappa shape index (κ1) is 6.46. The predicted molar refractivity (Wildman–Crippen MR) is 40.3 cm³/mol. The number of nitrogens with one attached hydrogen (secondary N) is 1. The monoisotopic (exact) mass is 166 g/mol. The number of carbonyl (C=O) groups is 2. The lowest BCUT2D eigenvalue weighted by Gasteiger charge is -2.31. The minimum atomic E-state index is -0.166. The van der Waals surface area contributed by atoms with Gasteiger partial charge in [0, 0.05) is 18.5 Å². The van der Waals surface area contributed by atoms with E-state index in [-0.39, 0.29) is 18.0 Å². The molecule has 3 atom stereocenters. The van der Waals surface area contributed by atoms with E-state index in [9.17, 15) is 9.59 Å². The maximum Gasteiger partial charge on any atom is 0.324 e. The predicted octanol–water partition coefficient (Wildman–Crippen LogP) is 0.0891. The summed E-state index contributed by atoms with van der Waals surface area (Å²) in [6.45, 7) is 0. The third-order valence-corrected chi connectivity index (χ3v) is 3.11. The summed E-state index contributed by atoms with van der Waals surface area (Å²) in [4.78, 5) is 24.2. The van der Waals surface area contributed by atoms with E-state index in [0.717, 1.165) is 12.8 Å². The second-order valence-electron chi connectivity index (χ2n) is 3.92. The average Bonchev–Trinajstić information content (AvgIpc) is 2.60. The number of carbonyl (C=O) groups excluding carboxylic acids is 2. The summed E-state index contributed by atoms with van der Waals surface area (Å²) >= 11 is 0. The molecule has 1 saturated carbocycles. The molecule has 1 aliphatic carbocycles. The van der Waals surface area contributed by atoms with Crippen molar-refractivity contribution in [2.24, 2.45) is 5.92 Å². The molecule has 3 rings (SSSR count). The molecule has 0 bridgehead atoms. The van der Waals surface area contributed by atoms with Crippen LogP contribution in [0.2, 0.25) is 0 Å². The normalized spacial score (nSPS) is 43.7. The zero-order chi connectivity index (χ0) is 8.29. The number of urea groups is 1. The van der Waals surface area contributed by atoms with Crippen LogP contribution in [0.25, 0.3) is 0 Å². The molecule has 64 valence electrons. The van der Waals surface area contributed by atoms with Gasteiger partial charge in [-0.05, 0) is 18.8 Å². The van der Waals surface area contributed by atoms with Crippen molar-refractivity contribution >= 4 is 11.9 Å². The molecule has 3 fully saturated rings. The van der Waals surface area contributed by atoms with Crippen molar-refractivity contribution in [3.63, 3.8) is 0 Å². The van der Waals surface area contributed by atoms with Crippen molar-refractivity contribution in [1.82, 2.24) is 10.2 Å². The van der Waals surface area contributed by atoms with Crippen LogP contribution in [0.5, 0.6) is 0 Å². The van der Waals surface area contributed by atoms with E-state index in [1.807, 2.05) is 4.90 Å². The van der Waals surface area contributed by atoms with E-state index in [4.69, 9.17) is 0 Å². The maximum atomic E-state index is 11.3. The average molecular weight is 166 g/mol. The lowest BCUT2D eigenvalue weighted by atomic mass is 10.1. The van der Waals surface area contributed by atoms with E-state index < -0.39 is 0 Å². The van der Waals surface area contributed by atoms with Crippen LogP contribution in [0, 0.1) is 5.92 Å². The first-order valence-electron chi connectivity index (χ1n) is 4.38. The Morgan fingerprint density at radius 3 is 3.00 bits per heavy atom. The van der Waals surface area contributed by atoms with E-state index in [1.165, 1.54) is 0 Å². The van der Waals surface area contributed by atoms with Gasteiger partial charge in [0.1, 0.15) is 0 Å². The Labute approximate surface area is 69.9 Å². The van der Waals surface area contributed by atoms with Gasteiger partial charge >= 0.3 is 6.03 Å². The van der Waals surface area contributed by atoms with Crippen molar-refractivity contribution in [2.45, 2.75) is 31.3 Å².